The van der Waals surface area contributed by atoms with E-state index in [0.29, 0.717) is 18.4 Å². The summed E-state index contributed by atoms with van der Waals surface area (Å²) in [4.78, 5) is 16.5. The van der Waals surface area contributed by atoms with Gasteiger partial charge in [0.1, 0.15) is 0 Å². The number of carbonyl (C=O) groups is 1. The van der Waals surface area contributed by atoms with E-state index in [4.69, 9.17) is 0 Å². The van der Waals surface area contributed by atoms with Gasteiger partial charge in [-0.2, -0.15) is 13.2 Å². The lowest BCUT2D eigenvalue weighted by Gasteiger charge is -2.38. The smallest absolute Gasteiger partial charge is 0.350 e. The molecule has 0 atom stereocenters. The van der Waals surface area contributed by atoms with Crippen molar-refractivity contribution in [3.8, 4) is 11.8 Å². The number of nitrogens with zero attached hydrogens (tertiary/aromatic N) is 1. The number of pyridine rings is 1. The highest BCUT2D eigenvalue weighted by atomic mass is 19.4. The van der Waals surface area contributed by atoms with Crippen molar-refractivity contribution in [3.05, 3.63) is 65.5 Å². The number of alkyl halides is 3. The van der Waals surface area contributed by atoms with Crippen LogP contribution in [0, 0.1) is 11.8 Å². The van der Waals surface area contributed by atoms with Gasteiger partial charge < -0.3 is 10.6 Å². The molecule has 0 spiro atoms. The fourth-order valence-electron chi connectivity index (χ4n) is 3.57. The van der Waals surface area contributed by atoms with Crippen LogP contribution in [0.2, 0.25) is 0 Å². The maximum Gasteiger partial charge on any atom is 0.401 e. The highest BCUT2D eigenvalue weighted by Crippen LogP contribution is 2.29. The van der Waals surface area contributed by atoms with E-state index in [1.807, 2.05) is 12.1 Å². The van der Waals surface area contributed by atoms with Crippen LogP contribution >= 0.6 is 0 Å². The topological polar surface area (TPSA) is 54.0 Å². The van der Waals surface area contributed by atoms with Crippen LogP contribution in [0.25, 0.3) is 0 Å². The first-order valence-corrected chi connectivity index (χ1v) is 9.97. The molecule has 0 unspecified atom stereocenters. The SMILES string of the molecule is O=C(NCC1(NCC(F)(F)F)CCCCC1)c1ccc(C#Cc2ccncc2)cc1. The molecule has 7 heteroatoms. The molecule has 0 bridgehead atoms. The lowest BCUT2D eigenvalue weighted by molar-refractivity contribution is -0.129. The normalized spacial score (nSPS) is 15.7. The zero-order valence-corrected chi connectivity index (χ0v) is 16.6. The molecule has 3 rings (SSSR count). The monoisotopic (exact) mass is 415 g/mol. The zero-order chi connectivity index (χ0) is 21.5. The molecule has 1 saturated carbocycles. The molecule has 1 amide bonds. The third-order valence-corrected chi connectivity index (χ3v) is 5.24. The molecular weight excluding hydrogens is 391 g/mol. The third kappa shape index (κ3) is 6.60. The van der Waals surface area contributed by atoms with Crippen molar-refractivity contribution in [2.75, 3.05) is 13.1 Å². The van der Waals surface area contributed by atoms with Gasteiger partial charge in [0.2, 0.25) is 0 Å². The molecule has 2 aromatic rings. The minimum absolute atomic E-state index is 0.172. The highest BCUT2D eigenvalue weighted by Gasteiger charge is 2.37. The van der Waals surface area contributed by atoms with Gasteiger partial charge in [0.05, 0.1) is 6.54 Å². The lowest BCUT2D eigenvalue weighted by atomic mass is 9.81. The largest absolute Gasteiger partial charge is 0.401 e. The van der Waals surface area contributed by atoms with Gasteiger partial charge in [0.15, 0.2) is 0 Å². The second kappa shape index (κ2) is 9.77. The quantitative estimate of drug-likeness (QED) is 0.724. The van der Waals surface area contributed by atoms with Crippen molar-refractivity contribution in [2.45, 2.75) is 43.8 Å². The van der Waals surface area contributed by atoms with E-state index >= 15 is 0 Å². The van der Waals surface area contributed by atoms with Crippen LogP contribution in [0.3, 0.4) is 0 Å². The molecule has 0 aliphatic heterocycles. The molecule has 0 saturated heterocycles. The Bertz CT molecular complexity index is 893. The van der Waals surface area contributed by atoms with Gasteiger partial charge >= 0.3 is 6.18 Å². The van der Waals surface area contributed by atoms with Crippen molar-refractivity contribution >= 4 is 5.91 Å². The molecule has 1 fully saturated rings. The Hall–Kier alpha value is -2.85. The zero-order valence-electron chi connectivity index (χ0n) is 16.6. The number of halogens is 3. The molecule has 158 valence electrons. The second-order valence-corrected chi connectivity index (χ2v) is 7.56. The summed E-state index contributed by atoms with van der Waals surface area (Å²) in [6.07, 6.45) is 3.00. The standard InChI is InChI=1S/C23H24F3N3O/c24-23(25,26)17-29-22(12-2-1-3-13-22)16-28-21(30)20-8-6-18(7-9-20)4-5-19-10-14-27-15-11-19/h6-11,14-15,29H,1-3,12-13,16-17H2,(H,28,30). The Morgan fingerprint density at radius 2 is 1.57 bits per heavy atom. The fraction of sp³-hybridized carbons (Fsp3) is 0.391. The maximum atomic E-state index is 12.7. The molecule has 30 heavy (non-hydrogen) atoms. The van der Waals surface area contributed by atoms with Gasteiger partial charge in [0, 0.05) is 41.2 Å². The van der Waals surface area contributed by atoms with Crippen molar-refractivity contribution < 1.29 is 18.0 Å². The van der Waals surface area contributed by atoms with Crippen LogP contribution in [0.5, 0.6) is 0 Å². The first-order chi connectivity index (χ1) is 14.4. The number of benzene rings is 1. The number of hydrogen-bond donors (Lipinski definition) is 2. The molecule has 1 aliphatic carbocycles. The van der Waals surface area contributed by atoms with Crippen LogP contribution < -0.4 is 10.6 Å². The second-order valence-electron chi connectivity index (χ2n) is 7.56. The van der Waals surface area contributed by atoms with Gasteiger partial charge in [0.25, 0.3) is 5.91 Å². The van der Waals surface area contributed by atoms with E-state index in [1.54, 1.807) is 36.7 Å². The molecule has 1 heterocycles. The van der Waals surface area contributed by atoms with E-state index in [-0.39, 0.29) is 12.5 Å². The number of amides is 1. The molecule has 1 aromatic carbocycles. The summed E-state index contributed by atoms with van der Waals surface area (Å²) >= 11 is 0. The number of aromatic nitrogens is 1. The van der Waals surface area contributed by atoms with Crippen LogP contribution in [0.4, 0.5) is 13.2 Å². The van der Waals surface area contributed by atoms with Gasteiger partial charge in [-0.15, -0.1) is 0 Å². The van der Waals surface area contributed by atoms with Crippen LogP contribution in [0.15, 0.2) is 48.8 Å². The Labute approximate surface area is 174 Å². The van der Waals surface area contributed by atoms with Gasteiger partial charge in [-0.05, 0) is 49.2 Å². The van der Waals surface area contributed by atoms with E-state index in [2.05, 4.69) is 27.5 Å². The number of nitrogens with one attached hydrogen (secondary N) is 2. The van der Waals surface area contributed by atoms with Crippen molar-refractivity contribution in [1.82, 2.24) is 15.6 Å². The Kier molecular flexibility index (Phi) is 7.11. The molecule has 0 radical (unpaired) electrons. The van der Waals surface area contributed by atoms with E-state index < -0.39 is 18.3 Å². The summed E-state index contributed by atoms with van der Waals surface area (Å²) in [7, 11) is 0. The predicted octanol–water partition coefficient (Wildman–Crippen LogP) is 4.07. The molecule has 2 N–H and O–H groups in total. The summed E-state index contributed by atoms with van der Waals surface area (Å²) in [6.45, 7) is -0.876. The summed E-state index contributed by atoms with van der Waals surface area (Å²) < 4.78 is 38.1. The maximum absolute atomic E-state index is 12.7. The highest BCUT2D eigenvalue weighted by molar-refractivity contribution is 5.94. The molecule has 1 aromatic heterocycles. The Balaban J connectivity index is 1.60. The summed E-state index contributed by atoms with van der Waals surface area (Å²) in [5.41, 5.74) is 1.35. The minimum atomic E-state index is -4.28. The Morgan fingerprint density at radius 3 is 2.17 bits per heavy atom. The van der Waals surface area contributed by atoms with Crippen LogP contribution in [-0.4, -0.2) is 35.7 Å². The third-order valence-electron chi connectivity index (χ3n) is 5.24. The van der Waals surface area contributed by atoms with Gasteiger partial charge in [-0.3, -0.25) is 9.78 Å². The average Bonchev–Trinajstić information content (AvgIpc) is 2.76. The summed E-state index contributed by atoms with van der Waals surface area (Å²) in [6, 6.07) is 10.5. The van der Waals surface area contributed by atoms with Crippen molar-refractivity contribution in [2.24, 2.45) is 0 Å². The lowest BCUT2D eigenvalue weighted by Crippen LogP contribution is -2.56. The van der Waals surface area contributed by atoms with Crippen molar-refractivity contribution in [1.29, 1.82) is 0 Å². The first-order valence-electron chi connectivity index (χ1n) is 9.97. The number of rotatable bonds is 5. The van der Waals surface area contributed by atoms with E-state index in [0.717, 1.165) is 30.4 Å². The number of hydrogen-bond acceptors (Lipinski definition) is 3. The molecular formula is C23H24F3N3O. The Morgan fingerprint density at radius 1 is 0.967 bits per heavy atom. The number of carbonyl (C=O) groups excluding carboxylic acids is 1. The summed E-state index contributed by atoms with van der Waals surface area (Å²) in [5, 5.41) is 5.47. The van der Waals surface area contributed by atoms with Gasteiger partial charge in [-0.25, -0.2) is 0 Å². The van der Waals surface area contributed by atoms with Gasteiger partial charge in [-0.1, -0.05) is 31.1 Å². The summed E-state index contributed by atoms with van der Waals surface area (Å²) in [5.74, 6) is 5.74. The molecule has 4 nitrogen and oxygen atoms in total. The fourth-order valence-corrected chi connectivity index (χ4v) is 3.57. The van der Waals surface area contributed by atoms with Crippen LogP contribution in [-0.2, 0) is 0 Å². The first kappa shape index (κ1) is 21.8. The predicted molar refractivity (Wildman–Crippen MR) is 109 cm³/mol. The minimum Gasteiger partial charge on any atom is -0.350 e. The molecule has 1 aliphatic rings. The van der Waals surface area contributed by atoms with E-state index in [1.165, 1.54) is 0 Å². The van der Waals surface area contributed by atoms with E-state index in [9.17, 15) is 18.0 Å². The van der Waals surface area contributed by atoms with Crippen LogP contribution in [0.1, 0.15) is 53.6 Å². The van der Waals surface area contributed by atoms with Crippen molar-refractivity contribution in [3.63, 3.8) is 0 Å². The average molecular weight is 415 g/mol.